The van der Waals surface area contributed by atoms with Crippen LogP contribution in [0.15, 0.2) is 48.6 Å². The van der Waals surface area contributed by atoms with Crippen LogP contribution in [0.1, 0.15) is 11.1 Å². The van der Waals surface area contributed by atoms with Gasteiger partial charge in [-0.25, -0.2) is 4.79 Å². The number of furan rings is 1. The number of hydrogen-bond acceptors (Lipinski definition) is 5. The molecule has 0 radical (unpaired) electrons. The molecule has 1 amide bonds. The maximum atomic E-state index is 12.9. The molecule has 0 fully saturated rings. The SMILES string of the molecule is Cc1c(NC(=O)Cn2nc(-c3ccc(Br)o3)oc2=O)cccc1C(F)(F)F. The van der Waals surface area contributed by atoms with Crippen molar-refractivity contribution in [1.29, 1.82) is 0 Å². The molecule has 0 bridgehead atoms. The zero-order valence-corrected chi connectivity index (χ0v) is 15.2. The third-order valence-corrected chi connectivity index (χ3v) is 4.02. The number of rotatable bonds is 4. The van der Waals surface area contributed by atoms with E-state index in [-0.39, 0.29) is 22.9 Å². The van der Waals surface area contributed by atoms with E-state index in [0.717, 1.165) is 10.7 Å². The highest BCUT2D eigenvalue weighted by Crippen LogP contribution is 2.34. The molecule has 142 valence electrons. The first-order valence-electron chi connectivity index (χ1n) is 7.45. The van der Waals surface area contributed by atoms with Crippen molar-refractivity contribution in [2.75, 3.05) is 5.32 Å². The number of anilines is 1. The summed E-state index contributed by atoms with van der Waals surface area (Å²) in [7, 11) is 0. The van der Waals surface area contributed by atoms with Gasteiger partial charge in [0.05, 0.1) is 5.56 Å². The second kappa shape index (κ2) is 7.06. The first kappa shape index (κ1) is 19.0. The fourth-order valence-corrected chi connectivity index (χ4v) is 2.65. The third-order valence-electron chi connectivity index (χ3n) is 3.60. The van der Waals surface area contributed by atoms with Crippen molar-refractivity contribution in [2.24, 2.45) is 0 Å². The molecule has 27 heavy (non-hydrogen) atoms. The van der Waals surface area contributed by atoms with Crippen LogP contribution in [-0.4, -0.2) is 15.7 Å². The fourth-order valence-electron chi connectivity index (χ4n) is 2.34. The summed E-state index contributed by atoms with van der Waals surface area (Å²) in [6, 6.07) is 6.50. The molecule has 0 atom stereocenters. The Hall–Kier alpha value is -2.82. The zero-order chi connectivity index (χ0) is 19.8. The number of alkyl halides is 3. The number of benzene rings is 1. The average molecular weight is 446 g/mol. The number of hydrogen-bond donors (Lipinski definition) is 1. The van der Waals surface area contributed by atoms with Gasteiger partial charge in [-0.3, -0.25) is 4.79 Å². The quantitative estimate of drug-likeness (QED) is 0.658. The minimum atomic E-state index is -4.54. The van der Waals surface area contributed by atoms with Crippen LogP contribution in [0.5, 0.6) is 0 Å². The lowest BCUT2D eigenvalue weighted by molar-refractivity contribution is -0.138. The molecule has 0 saturated heterocycles. The van der Waals surface area contributed by atoms with Gasteiger partial charge in [-0.2, -0.15) is 17.9 Å². The molecule has 3 rings (SSSR count). The molecule has 1 aromatic carbocycles. The van der Waals surface area contributed by atoms with Gasteiger partial charge in [-0.15, -0.1) is 5.10 Å². The average Bonchev–Trinajstić information content (AvgIpc) is 3.15. The lowest BCUT2D eigenvalue weighted by Gasteiger charge is -2.14. The topological polar surface area (TPSA) is 90.3 Å². The van der Waals surface area contributed by atoms with Crippen LogP contribution in [0.4, 0.5) is 18.9 Å². The Bertz CT molecular complexity index is 1050. The molecule has 11 heteroatoms. The van der Waals surface area contributed by atoms with Gasteiger partial charge >= 0.3 is 11.9 Å². The summed E-state index contributed by atoms with van der Waals surface area (Å²) >= 11 is 3.09. The minimum Gasteiger partial charge on any atom is -0.444 e. The van der Waals surface area contributed by atoms with E-state index in [4.69, 9.17) is 8.83 Å². The molecule has 3 aromatic rings. The van der Waals surface area contributed by atoms with Gasteiger partial charge in [0.1, 0.15) is 6.54 Å². The molecule has 0 unspecified atom stereocenters. The maximum Gasteiger partial charge on any atom is 0.437 e. The summed E-state index contributed by atoms with van der Waals surface area (Å²) in [6.07, 6.45) is -4.54. The molecule has 7 nitrogen and oxygen atoms in total. The van der Waals surface area contributed by atoms with Gasteiger partial charge in [0.25, 0.3) is 5.89 Å². The molecule has 0 saturated carbocycles. The lowest BCUT2D eigenvalue weighted by Crippen LogP contribution is -2.26. The third kappa shape index (κ3) is 4.13. The number of carbonyl (C=O) groups is 1. The summed E-state index contributed by atoms with van der Waals surface area (Å²) in [5, 5.41) is 6.18. The van der Waals surface area contributed by atoms with Crippen molar-refractivity contribution in [3.8, 4) is 11.7 Å². The Morgan fingerprint density at radius 1 is 1.26 bits per heavy atom. The normalized spacial score (nSPS) is 11.6. The molecule has 0 aliphatic heterocycles. The van der Waals surface area contributed by atoms with Crippen molar-refractivity contribution in [1.82, 2.24) is 9.78 Å². The van der Waals surface area contributed by atoms with Gasteiger partial charge in [0.2, 0.25) is 5.91 Å². The van der Waals surface area contributed by atoms with E-state index in [9.17, 15) is 22.8 Å². The largest absolute Gasteiger partial charge is 0.444 e. The molecule has 2 heterocycles. The van der Waals surface area contributed by atoms with Crippen molar-refractivity contribution < 1.29 is 26.8 Å². The van der Waals surface area contributed by atoms with Crippen LogP contribution in [-0.2, 0) is 17.5 Å². The molecular formula is C16H11BrF3N3O4. The first-order chi connectivity index (χ1) is 12.6. The van der Waals surface area contributed by atoms with E-state index in [1.54, 1.807) is 6.07 Å². The Morgan fingerprint density at radius 2 is 2.00 bits per heavy atom. The Morgan fingerprint density at radius 3 is 2.63 bits per heavy atom. The van der Waals surface area contributed by atoms with Crippen molar-refractivity contribution in [2.45, 2.75) is 19.6 Å². The van der Waals surface area contributed by atoms with Gasteiger partial charge < -0.3 is 14.2 Å². The van der Waals surface area contributed by atoms with Gasteiger partial charge in [-0.05, 0) is 52.7 Å². The van der Waals surface area contributed by atoms with E-state index in [1.807, 2.05) is 0 Å². The standard InChI is InChI=1S/C16H11BrF3N3O4/c1-8-9(16(18,19)20)3-2-4-10(8)21-13(24)7-23-15(25)27-14(22-23)11-5-6-12(17)26-11/h2-6H,7H2,1H3,(H,21,24). The number of carbonyl (C=O) groups excluding carboxylic acids is 1. The van der Waals surface area contributed by atoms with E-state index in [1.165, 1.54) is 25.1 Å². The Labute approximate surface area is 157 Å². The highest BCUT2D eigenvalue weighted by atomic mass is 79.9. The number of nitrogens with zero attached hydrogens (tertiary/aromatic N) is 2. The maximum absolute atomic E-state index is 12.9. The zero-order valence-electron chi connectivity index (χ0n) is 13.6. The van der Waals surface area contributed by atoms with Crippen molar-refractivity contribution >= 4 is 27.5 Å². The number of halogens is 4. The van der Waals surface area contributed by atoms with E-state index in [2.05, 4.69) is 26.3 Å². The molecule has 0 aliphatic carbocycles. The molecule has 0 spiro atoms. The summed E-state index contributed by atoms with van der Waals surface area (Å²) in [5.41, 5.74) is -1.00. The first-order valence-corrected chi connectivity index (χ1v) is 8.25. The molecule has 2 aromatic heterocycles. The van der Waals surface area contributed by atoms with Crippen LogP contribution in [0, 0.1) is 6.92 Å². The monoisotopic (exact) mass is 445 g/mol. The van der Waals surface area contributed by atoms with Crippen LogP contribution in [0.2, 0.25) is 0 Å². The van der Waals surface area contributed by atoms with Gasteiger partial charge in [0, 0.05) is 5.69 Å². The van der Waals surface area contributed by atoms with Crippen LogP contribution in [0.3, 0.4) is 0 Å². The van der Waals surface area contributed by atoms with Crippen LogP contribution in [0.25, 0.3) is 11.7 Å². The second-order valence-electron chi connectivity index (χ2n) is 5.46. The predicted molar refractivity (Wildman–Crippen MR) is 91.0 cm³/mol. The number of nitrogens with one attached hydrogen (secondary N) is 1. The van der Waals surface area contributed by atoms with Gasteiger partial charge in [-0.1, -0.05) is 6.07 Å². The number of amides is 1. The van der Waals surface area contributed by atoms with Gasteiger partial charge in [0.15, 0.2) is 10.4 Å². The summed E-state index contributed by atoms with van der Waals surface area (Å²) in [4.78, 5) is 23.9. The predicted octanol–water partition coefficient (Wildman–Crippen LogP) is 3.82. The fraction of sp³-hybridized carbons (Fsp3) is 0.188. The summed E-state index contributed by atoms with van der Waals surface area (Å²) < 4.78 is 50.1. The highest BCUT2D eigenvalue weighted by molar-refractivity contribution is 9.10. The van der Waals surface area contributed by atoms with Crippen LogP contribution >= 0.6 is 15.9 Å². The lowest BCUT2D eigenvalue weighted by atomic mass is 10.1. The Balaban J connectivity index is 1.78. The van der Waals surface area contributed by atoms with E-state index < -0.39 is 29.9 Å². The summed E-state index contributed by atoms with van der Waals surface area (Å²) in [5.74, 6) is -1.60. The molecule has 0 aliphatic rings. The number of aromatic nitrogens is 2. The van der Waals surface area contributed by atoms with Crippen molar-refractivity contribution in [3.63, 3.8) is 0 Å². The van der Waals surface area contributed by atoms with Crippen molar-refractivity contribution in [3.05, 3.63) is 56.7 Å². The van der Waals surface area contributed by atoms with Crippen LogP contribution < -0.4 is 11.1 Å². The van der Waals surface area contributed by atoms with E-state index >= 15 is 0 Å². The Kier molecular flexibility index (Phi) is 4.96. The summed E-state index contributed by atoms with van der Waals surface area (Å²) in [6.45, 7) is 0.702. The molecule has 1 N–H and O–H groups in total. The molecular weight excluding hydrogens is 435 g/mol. The second-order valence-corrected chi connectivity index (χ2v) is 6.24. The highest BCUT2D eigenvalue weighted by Gasteiger charge is 2.33. The minimum absolute atomic E-state index is 0.0124. The smallest absolute Gasteiger partial charge is 0.437 e. The van der Waals surface area contributed by atoms with E-state index in [0.29, 0.717) is 4.67 Å².